The Morgan fingerprint density at radius 2 is 1.84 bits per heavy atom. The zero-order valence-corrected chi connectivity index (χ0v) is 11.9. The summed E-state index contributed by atoms with van der Waals surface area (Å²) in [5, 5.41) is 13.8. The number of hydrogen-bond acceptors (Lipinski definition) is 2. The minimum atomic E-state index is 0.281. The van der Waals surface area contributed by atoms with Crippen molar-refractivity contribution in [3.05, 3.63) is 58.6 Å². The maximum absolute atomic E-state index is 9.68. The van der Waals surface area contributed by atoms with Crippen LogP contribution in [0.15, 0.2) is 42.5 Å². The second-order valence-electron chi connectivity index (χ2n) is 4.88. The number of aromatic hydroxyl groups is 1. The lowest BCUT2D eigenvalue weighted by atomic mass is 10.1. The van der Waals surface area contributed by atoms with Gasteiger partial charge in [0.25, 0.3) is 0 Å². The molecule has 0 aliphatic rings. The molecule has 2 aromatic rings. The molecule has 0 bridgehead atoms. The van der Waals surface area contributed by atoms with Crippen LogP contribution in [-0.2, 0) is 6.42 Å². The molecule has 0 heterocycles. The molecule has 0 radical (unpaired) electrons. The van der Waals surface area contributed by atoms with Crippen LogP contribution in [0, 0.1) is 6.92 Å². The van der Waals surface area contributed by atoms with Crippen LogP contribution in [0.2, 0.25) is 5.02 Å². The summed E-state index contributed by atoms with van der Waals surface area (Å²) in [6.45, 7) is 4.00. The van der Waals surface area contributed by atoms with Crippen molar-refractivity contribution in [3.63, 3.8) is 0 Å². The van der Waals surface area contributed by atoms with Gasteiger partial charge in [-0.25, -0.2) is 0 Å². The summed E-state index contributed by atoms with van der Waals surface area (Å²) in [6, 6.07) is 13.8. The molecule has 0 saturated heterocycles. The summed E-state index contributed by atoms with van der Waals surface area (Å²) in [5.41, 5.74) is 3.06. The van der Waals surface area contributed by atoms with E-state index in [4.69, 9.17) is 11.6 Å². The van der Waals surface area contributed by atoms with Crippen LogP contribution in [0.5, 0.6) is 5.75 Å². The van der Waals surface area contributed by atoms with Crippen LogP contribution in [0.4, 0.5) is 5.69 Å². The van der Waals surface area contributed by atoms with E-state index in [2.05, 4.69) is 12.2 Å². The van der Waals surface area contributed by atoms with E-state index < -0.39 is 0 Å². The Bertz CT molecular complexity index is 551. The maximum Gasteiger partial charge on any atom is 0.120 e. The minimum absolute atomic E-state index is 0.281. The number of anilines is 1. The first-order valence-electron chi connectivity index (χ1n) is 6.35. The second kappa shape index (κ2) is 5.98. The minimum Gasteiger partial charge on any atom is -0.508 e. The molecule has 0 aromatic heterocycles. The van der Waals surface area contributed by atoms with Crippen molar-refractivity contribution >= 4 is 17.3 Å². The first-order chi connectivity index (χ1) is 9.04. The molecule has 0 spiro atoms. The normalized spacial score (nSPS) is 12.2. The van der Waals surface area contributed by atoms with E-state index in [9.17, 15) is 5.11 Å². The van der Waals surface area contributed by atoms with Gasteiger partial charge in [0.2, 0.25) is 0 Å². The van der Waals surface area contributed by atoms with E-state index in [1.54, 1.807) is 6.07 Å². The largest absolute Gasteiger partial charge is 0.508 e. The number of phenolic OH excluding ortho intramolecular Hbond substituents is 1. The molecule has 0 fully saturated rings. The van der Waals surface area contributed by atoms with Crippen molar-refractivity contribution in [2.45, 2.75) is 26.3 Å². The van der Waals surface area contributed by atoms with Gasteiger partial charge < -0.3 is 10.4 Å². The van der Waals surface area contributed by atoms with Crippen molar-refractivity contribution in [3.8, 4) is 5.75 Å². The summed E-state index contributed by atoms with van der Waals surface area (Å²) < 4.78 is 0. The Morgan fingerprint density at radius 3 is 2.47 bits per heavy atom. The number of phenols is 1. The Labute approximate surface area is 119 Å². The Balaban J connectivity index is 1.98. The summed E-state index contributed by atoms with van der Waals surface area (Å²) in [5.74, 6) is 0.323. The summed E-state index contributed by atoms with van der Waals surface area (Å²) >= 11 is 5.87. The van der Waals surface area contributed by atoms with Crippen LogP contribution < -0.4 is 5.32 Å². The molecule has 1 atom stereocenters. The standard InChI is InChI=1S/C16H18ClNO/c1-11-3-8-15(10-16(11)19)18-12(2)9-13-4-6-14(17)7-5-13/h3-8,10,12,18-19H,9H2,1-2H3. The number of halogens is 1. The van der Waals surface area contributed by atoms with E-state index in [1.807, 2.05) is 43.3 Å². The van der Waals surface area contributed by atoms with Crippen LogP contribution >= 0.6 is 11.6 Å². The van der Waals surface area contributed by atoms with Gasteiger partial charge in [0.15, 0.2) is 0 Å². The van der Waals surface area contributed by atoms with Gasteiger partial charge in [-0.3, -0.25) is 0 Å². The van der Waals surface area contributed by atoms with Gasteiger partial charge in [0.05, 0.1) is 0 Å². The molecule has 0 aliphatic carbocycles. The van der Waals surface area contributed by atoms with E-state index in [1.165, 1.54) is 5.56 Å². The Kier molecular flexibility index (Phi) is 4.33. The highest BCUT2D eigenvalue weighted by Gasteiger charge is 2.05. The van der Waals surface area contributed by atoms with Crippen LogP contribution in [-0.4, -0.2) is 11.1 Å². The third-order valence-corrected chi connectivity index (χ3v) is 3.33. The quantitative estimate of drug-likeness (QED) is 0.867. The maximum atomic E-state index is 9.68. The number of nitrogens with one attached hydrogen (secondary N) is 1. The van der Waals surface area contributed by atoms with Crippen molar-refractivity contribution in [1.82, 2.24) is 0 Å². The van der Waals surface area contributed by atoms with Crippen LogP contribution in [0.3, 0.4) is 0 Å². The first kappa shape index (κ1) is 13.8. The number of rotatable bonds is 4. The smallest absolute Gasteiger partial charge is 0.120 e. The Hall–Kier alpha value is -1.67. The Morgan fingerprint density at radius 1 is 1.16 bits per heavy atom. The van der Waals surface area contributed by atoms with E-state index in [0.29, 0.717) is 5.75 Å². The van der Waals surface area contributed by atoms with E-state index in [0.717, 1.165) is 22.7 Å². The highest BCUT2D eigenvalue weighted by atomic mass is 35.5. The molecule has 2 N–H and O–H groups in total. The van der Waals surface area contributed by atoms with Crippen molar-refractivity contribution in [2.75, 3.05) is 5.32 Å². The second-order valence-corrected chi connectivity index (χ2v) is 5.31. The number of benzene rings is 2. The average molecular weight is 276 g/mol. The molecule has 2 nitrogen and oxygen atoms in total. The molecule has 100 valence electrons. The molecule has 3 heteroatoms. The van der Waals surface area contributed by atoms with Gasteiger partial charge in [-0.05, 0) is 49.6 Å². The molecule has 2 aromatic carbocycles. The fourth-order valence-corrected chi connectivity index (χ4v) is 2.13. The molecule has 0 aliphatic heterocycles. The van der Waals surface area contributed by atoms with Gasteiger partial charge in [-0.15, -0.1) is 0 Å². The topological polar surface area (TPSA) is 32.3 Å². The molecular formula is C16H18ClNO. The zero-order valence-electron chi connectivity index (χ0n) is 11.2. The molecule has 2 rings (SSSR count). The summed E-state index contributed by atoms with van der Waals surface area (Å²) in [6.07, 6.45) is 0.909. The molecule has 1 unspecified atom stereocenters. The third kappa shape index (κ3) is 3.90. The SMILES string of the molecule is Cc1ccc(NC(C)Cc2ccc(Cl)cc2)cc1O. The lowest BCUT2D eigenvalue weighted by molar-refractivity contribution is 0.471. The van der Waals surface area contributed by atoms with Crippen LogP contribution in [0.1, 0.15) is 18.1 Å². The van der Waals surface area contributed by atoms with Gasteiger partial charge in [0, 0.05) is 22.8 Å². The van der Waals surface area contributed by atoms with E-state index >= 15 is 0 Å². The average Bonchev–Trinajstić information content (AvgIpc) is 2.37. The number of aryl methyl sites for hydroxylation is 1. The lowest BCUT2D eigenvalue weighted by Crippen LogP contribution is -2.17. The highest BCUT2D eigenvalue weighted by Crippen LogP contribution is 2.22. The highest BCUT2D eigenvalue weighted by molar-refractivity contribution is 6.30. The van der Waals surface area contributed by atoms with Gasteiger partial charge >= 0.3 is 0 Å². The monoisotopic (exact) mass is 275 g/mol. The van der Waals surface area contributed by atoms with Crippen molar-refractivity contribution in [2.24, 2.45) is 0 Å². The molecule has 19 heavy (non-hydrogen) atoms. The summed E-state index contributed by atoms with van der Waals surface area (Å²) in [7, 11) is 0. The van der Waals surface area contributed by atoms with Gasteiger partial charge in [0.1, 0.15) is 5.75 Å². The van der Waals surface area contributed by atoms with E-state index in [-0.39, 0.29) is 6.04 Å². The van der Waals surface area contributed by atoms with Gasteiger partial charge in [-0.1, -0.05) is 29.8 Å². The van der Waals surface area contributed by atoms with Crippen LogP contribution in [0.25, 0.3) is 0 Å². The first-order valence-corrected chi connectivity index (χ1v) is 6.73. The van der Waals surface area contributed by atoms with Crippen molar-refractivity contribution < 1.29 is 5.11 Å². The number of hydrogen-bond donors (Lipinski definition) is 2. The molecule has 0 amide bonds. The zero-order chi connectivity index (χ0) is 13.8. The third-order valence-electron chi connectivity index (χ3n) is 3.08. The van der Waals surface area contributed by atoms with Gasteiger partial charge in [-0.2, -0.15) is 0 Å². The fraction of sp³-hybridized carbons (Fsp3) is 0.250. The lowest BCUT2D eigenvalue weighted by Gasteiger charge is -2.16. The molecular weight excluding hydrogens is 258 g/mol. The summed E-state index contributed by atoms with van der Waals surface area (Å²) in [4.78, 5) is 0. The predicted molar refractivity (Wildman–Crippen MR) is 81.1 cm³/mol. The fourth-order valence-electron chi connectivity index (χ4n) is 2.01. The van der Waals surface area contributed by atoms with Crippen molar-refractivity contribution in [1.29, 1.82) is 0 Å². The molecule has 0 saturated carbocycles. The predicted octanol–water partition coefficient (Wildman–Crippen LogP) is 4.40.